The summed E-state index contributed by atoms with van der Waals surface area (Å²) < 4.78 is 6.34. The molecule has 10 heteroatoms. The second-order valence-corrected chi connectivity index (χ2v) is 6.53. The number of aromatic nitrogens is 4. The first-order valence-electron chi connectivity index (χ1n) is 8.09. The fourth-order valence-corrected chi connectivity index (χ4v) is 2.91. The van der Waals surface area contributed by atoms with Gasteiger partial charge in [0.2, 0.25) is 5.95 Å². The Balaban J connectivity index is 2.08. The highest BCUT2D eigenvalue weighted by Crippen LogP contribution is 2.34. The first-order valence-corrected chi connectivity index (χ1v) is 8.09. The molecule has 1 aliphatic carbocycles. The number of rotatable bonds is 7. The lowest BCUT2D eigenvalue weighted by atomic mass is 10.0. The van der Waals surface area contributed by atoms with Crippen LogP contribution in [0.3, 0.4) is 0 Å². The number of ether oxygens (including phenoxy) is 1. The van der Waals surface area contributed by atoms with Gasteiger partial charge >= 0.3 is 0 Å². The molecule has 10 nitrogen and oxygen atoms in total. The Labute approximate surface area is 144 Å². The fraction of sp³-hybridized carbons (Fsp3) is 0.667. The van der Waals surface area contributed by atoms with E-state index < -0.39 is 24.5 Å². The highest BCUT2D eigenvalue weighted by atomic mass is 16.5. The molecule has 5 N–H and O–H groups in total. The monoisotopic (exact) mass is 352 g/mol. The van der Waals surface area contributed by atoms with Crippen LogP contribution in [-0.4, -0.2) is 73.9 Å². The van der Waals surface area contributed by atoms with Crippen LogP contribution in [0.25, 0.3) is 11.2 Å². The molecule has 1 saturated carbocycles. The van der Waals surface area contributed by atoms with Crippen LogP contribution >= 0.6 is 0 Å². The first-order chi connectivity index (χ1) is 11.8. The number of nitrogens with zero attached hydrogens (tertiary/aromatic N) is 5. The zero-order valence-electron chi connectivity index (χ0n) is 14.5. The van der Waals surface area contributed by atoms with Gasteiger partial charge in [0.05, 0.1) is 12.9 Å². The molecule has 2 aromatic rings. The maximum Gasteiger partial charge on any atom is 0.224 e. The van der Waals surface area contributed by atoms with E-state index in [-0.39, 0.29) is 5.95 Å². The van der Waals surface area contributed by atoms with Gasteiger partial charge in [-0.2, -0.15) is 9.97 Å². The molecular weight excluding hydrogens is 328 g/mol. The standard InChI is InChI=1S/C15H24N6O4/c1-15(24,11(23)9(6-22)25-3)21-7-17-10-12(20(2)8-4-5-8)18-14(16)19-13(10)21/h7-9,11,22-24H,4-6H2,1-3H3,(H2,16,18,19)/t9?,11-,15?/m1/s1. The summed E-state index contributed by atoms with van der Waals surface area (Å²) in [4.78, 5) is 14.8. The van der Waals surface area contributed by atoms with Crippen molar-refractivity contribution >= 4 is 22.9 Å². The Morgan fingerprint density at radius 3 is 2.72 bits per heavy atom. The summed E-state index contributed by atoms with van der Waals surface area (Å²) in [6, 6.07) is 0.390. The minimum Gasteiger partial charge on any atom is -0.394 e. The first kappa shape index (κ1) is 17.8. The molecule has 0 bridgehead atoms. The molecule has 2 unspecified atom stereocenters. The second-order valence-electron chi connectivity index (χ2n) is 6.53. The maximum absolute atomic E-state index is 10.9. The van der Waals surface area contributed by atoms with Crippen LogP contribution < -0.4 is 10.6 Å². The predicted octanol–water partition coefficient (Wildman–Crippen LogP) is -0.960. The van der Waals surface area contributed by atoms with Crippen molar-refractivity contribution < 1.29 is 20.1 Å². The van der Waals surface area contributed by atoms with Gasteiger partial charge in [-0.1, -0.05) is 0 Å². The van der Waals surface area contributed by atoms with E-state index in [2.05, 4.69) is 15.0 Å². The summed E-state index contributed by atoms with van der Waals surface area (Å²) in [5.41, 5.74) is 4.80. The Kier molecular flexibility index (Phi) is 4.54. The molecule has 138 valence electrons. The van der Waals surface area contributed by atoms with Crippen molar-refractivity contribution in [2.75, 3.05) is 31.4 Å². The van der Waals surface area contributed by atoms with E-state index in [1.165, 1.54) is 24.9 Å². The molecule has 0 amide bonds. The van der Waals surface area contributed by atoms with Crippen molar-refractivity contribution in [3.63, 3.8) is 0 Å². The van der Waals surface area contributed by atoms with Gasteiger partial charge in [0.1, 0.15) is 12.2 Å². The van der Waals surface area contributed by atoms with Gasteiger partial charge < -0.3 is 30.7 Å². The molecular formula is C15H24N6O4. The SMILES string of the molecule is COC(CO)[C@@H](O)C(C)(O)n1cnc2c(N(C)C3CC3)nc(N)nc21. The second kappa shape index (κ2) is 6.37. The molecule has 2 aromatic heterocycles. The van der Waals surface area contributed by atoms with Gasteiger partial charge in [0, 0.05) is 20.2 Å². The number of hydrogen-bond acceptors (Lipinski definition) is 9. The van der Waals surface area contributed by atoms with Crippen LogP contribution in [0.4, 0.5) is 11.8 Å². The molecule has 0 radical (unpaired) electrons. The number of nitrogen functional groups attached to an aromatic ring is 1. The number of anilines is 2. The van der Waals surface area contributed by atoms with Crippen LogP contribution in [0.2, 0.25) is 0 Å². The Morgan fingerprint density at radius 1 is 1.48 bits per heavy atom. The maximum atomic E-state index is 10.9. The highest BCUT2D eigenvalue weighted by Gasteiger charge is 2.40. The minimum absolute atomic E-state index is 0.0486. The van der Waals surface area contributed by atoms with Crippen LogP contribution in [0.15, 0.2) is 6.33 Å². The van der Waals surface area contributed by atoms with Gasteiger partial charge in [0.25, 0.3) is 0 Å². The molecule has 0 aromatic carbocycles. The minimum atomic E-state index is -1.83. The van der Waals surface area contributed by atoms with Crippen molar-refractivity contribution in [1.82, 2.24) is 19.5 Å². The summed E-state index contributed by atoms with van der Waals surface area (Å²) in [6.45, 7) is 0.941. The van der Waals surface area contributed by atoms with Crippen molar-refractivity contribution in [3.8, 4) is 0 Å². The summed E-state index contributed by atoms with van der Waals surface area (Å²) >= 11 is 0. The number of nitrogens with two attached hydrogens (primary N) is 1. The zero-order valence-corrected chi connectivity index (χ0v) is 14.5. The molecule has 25 heavy (non-hydrogen) atoms. The zero-order chi connectivity index (χ0) is 18.4. The number of imidazole rings is 1. The van der Waals surface area contributed by atoms with Crippen LogP contribution in [0.5, 0.6) is 0 Å². The summed E-state index contributed by atoms with van der Waals surface area (Å²) in [5.74, 6) is 0.631. The van der Waals surface area contributed by atoms with E-state index in [0.29, 0.717) is 23.0 Å². The molecule has 0 saturated heterocycles. The highest BCUT2D eigenvalue weighted by molar-refractivity contribution is 5.85. The number of aliphatic hydroxyl groups excluding tert-OH is 2. The third-order valence-corrected chi connectivity index (χ3v) is 4.71. The lowest BCUT2D eigenvalue weighted by Gasteiger charge is -2.34. The number of aliphatic hydroxyl groups is 3. The van der Waals surface area contributed by atoms with Crippen molar-refractivity contribution in [2.45, 2.75) is 43.7 Å². The number of fused-ring (bicyclic) bond motifs is 1. The average Bonchev–Trinajstić information content (AvgIpc) is 3.33. The van der Waals surface area contributed by atoms with Crippen molar-refractivity contribution in [3.05, 3.63) is 6.33 Å². The number of methoxy groups -OCH3 is 1. The van der Waals surface area contributed by atoms with Gasteiger partial charge in [0.15, 0.2) is 22.7 Å². The molecule has 0 aliphatic heterocycles. The van der Waals surface area contributed by atoms with Gasteiger partial charge in [-0.25, -0.2) is 4.98 Å². The van der Waals surface area contributed by atoms with E-state index in [1.54, 1.807) is 0 Å². The Bertz CT molecular complexity index is 756. The molecule has 2 heterocycles. The van der Waals surface area contributed by atoms with Crippen LogP contribution in [-0.2, 0) is 10.5 Å². The van der Waals surface area contributed by atoms with Crippen molar-refractivity contribution in [2.24, 2.45) is 0 Å². The summed E-state index contributed by atoms with van der Waals surface area (Å²) in [5, 5.41) is 30.7. The molecule has 3 atom stereocenters. The third kappa shape index (κ3) is 3.01. The number of hydrogen-bond donors (Lipinski definition) is 4. The van der Waals surface area contributed by atoms with E-state index in [1.807, 2.05) is 11.9 Å². The smallest absolute Gasteiger partial charge is 0.224 e. The summed E-state index contributed by atoms with van der Waals surface area (Å²) in [7, 11) is 3.26. The largest absolute Gasteiger partial charge is 0.394 e. The lowest BCUT2D eigenvalue weighted by Crippen LogP contribution is -2.50. The quantitative estimate of drug-likeness (QED) is 0.495. The Morgan fingerprint density at radius 2 is 2.16 bits per heavy atom. The van der Waals surface area contributed by atoms with E-state index in [4.69, 9.17) is 10.5 Å². The van der Waals surface area contributed by atoms with Gasteiger partial charge in [-0.05, 0) is 19.8 Å². The third-order valence-electron chi connectivity index (χ3n) is 4.71. The average molecular weight is 352 g/mol. The van der Waals surface area contributed by atoms with Crippen molar-refractivity contribution in [1.29, 1.82) is 0 Å². The fourth-order valence-electron chi connectivity index (χ4n) is 2.91. The topological polar surface area (TPSA) is 143 Å². The molecule has 3 rings (SSSR count). The molecule has 0 spiro atoms. The normalized spacial score (nSPS) is 19.6. The molecule has 1 aliphatic rings. The van der Waals surface area contributed by atoms with Crippen LogP contribution in [0.1, 0.15) is 19.8 Å². The van der Waals surface area contributed by atoms with Gasteiger partial charge in [-0.3, -0.25) is 4.57 Å². The van der Waals surface area contributed by atoms with E-state index in [9.17, 15) is 15.3 Å². The van der Waals surface area contributed by atoms with Crippen LogP contribution in [0, 0.1) is 0 Å². The molecule has 1 fully saturated rings. The van der Waals surface area contributed by atoms with E-state index in [0.717, 1.165) is 12.8 Å². The predicted molar refractivity (Wildman–Crippen MR) is 90.9 cm³/mol. The Hall–Kier alpha value is -2.01. The van der Waals surface area contributed by atoms with E-state index >= 15 is 0 Å². The summed E-state index contributed by atoms with van der Waals surface area (Å²) in [6.07, 6.45) is 1.13. The lowest BCUT2D eigenvalue weighted by molar-refractivity contribution is -0.174. The van der Waals surface area contributed by atoms with Gasteiger partial charge in [-0.15, -0.1) is 0 Å².